The summed E-state index contributed by atoms with van der Waals surface area (Å²) in [7, 11) is 0. The van der Waals surface area contributed by atoms with Gasteiger partial charge in [0.1, 0.15) is 0 Å². The first-order valence-corrected chi connectivity index (χ1v) is 7.09. The molecule has 0 aromatic carbocycles. The molecule has 1 aromatic heterocycles. The minimum Gasteiger partial charge on any atom is -0.316 e. The lowest BCUT2D eigenvalue weighted by Crippen LogP contribution is -2.24. The first-order valence-electron chi connectivity index (χ1n) is 6.14. The molecule has 0 spiro atoms. The van der Waals surface area contributed by atoms with Crippen LogP contribution in [0.25, 0.3) is 0 Å². The van der Waals surface area contributed by atoms with Crippen molar-refractivity contribution in [2.45, 2.75) is 38.5 Å². The van der Waals surface area contributed by atoms with E-state index in [0.29, 0.717) is 0 Å². The van der Waals surface area contributed by atoms with E-state index in [0.717, 1.165) is 11.8 Å². The molecule has 1 N–H and O–H groups in total. The predicted molar refractivity (Wildman–Crippen MR) is 67.6 cm³/mol. The maximum absolute atomic E-state index is 3.57. The van der Waals surface area contributed by atoms with Crippen molar-refractivity contribution >= 4 is 11.3 Å². The van der Waals surface area contributed by atoms with Crippen LogP contribution in [0.15, 0.2) is 16.8 Å². The summed E-state index contributed by atoms with van der Waals surface area (Å²) in [4.78, 5) is 0. The second-order valence-corrected chi connectivity index (χ2v) is 5.34. The van der Waals surface area contributed by atoms with Crippen LogP contribution in [0.4, 0.5) is 0 Å². The fourth-order valence-corrected chi connectivity index (χ4v) is 3.39. The van der Waals surface area contributed by atoms with Gasteiger partial charge in [-0.1, -0.05) is 13.3 Å². The van der Waals surface area contributed by atoms with Crippen LogP contribution in [0.3, 0.4) is 0 Å². The number of hydrogen-bond donors (Lipinski definition) is 1. The van der Waals surface area contributed by atoms with Crippen LogP contribution in [0, 0.1) is 5.92 Å². The summed E-state index contributed by atoms with van der Waals surface area (Å²) in [6.45, 7) is 4.62. The molecule has 1 aromatic rings. The minimum atomic E-state index is 0.834. The van der Waals surface area contributed by atoms with Gasteiger partial charge in [0.15, 0.2) is 0 Å². The molecule has 1 aliphatic carbocycles. The van der Waals surface area contributed by atoms with E-state index in [2.05, 4.69) is 29.1 Å². The van der Waals surface area contributed by atoms with Gasteiger partial charge in [-0.3, -0.25) is 0 Å². The van der Waals surface area contributed by atoms with Gasteiger partial charge in [0.05, 0.1) is 0 Å². The molecule has 84 valence electrons. The van der Waals surface area contributed by atoms with Gasteiger partial charge in [0, 0.05) is 0 Å². The SMILES string of the molecule is CCCNCC1CCCC1c1ccsc1. The molecular formula is C13H21NS. The van der Waals surface area contributed by atoms with E-state index in [4.69, 9.17) is 0 Å². The standard InChI is InChI=1S/C13H21NS/c1-2-7-14-9-11-4-3-5-13(11)12-6-8-15-10-12/h6,8,10-11,13-14H,2-5,7,9H2,1H3. The van der Waals surface area contributed by atoms with Crippen LogP contribution in [0.5, 0.6) is 0 Å². The Hall–Kier alpha value is -0.340. The molecule has 1 saturated carbocycles. The molecule has 1 heterocycles. The van der Waals surface area contributed by atoms with Crippen molar-refractivity contribution in [3.63, 3.8) is 0 Å². The highest BCUT2D eigenvalue weighted by atomic mass is 32.1. The predicted octanol–water partition coefficient (Wildman–Crippen LogP) is 3.63. The summed E-state index contributed by atoms with van der Waals surface area (Å²) in [5, 5.41) is 8.12. The summed E-state index contributed by atoms with van der Waals surface area (Å²) in [5.74, 6) is 1.71. The average Bonchev–Trinajstić information content (AvgIpc) is 2.87. The van der Waals surface area contributed by atoms with Gasteiger partial charge in [-0.25, -0.2) is 0 Å². The van der Waals surface area contributed by atoms with Crippen molar-refractivity contribution in [3.05, 3.63) is 22.4 Å². The van der Waals surface area contributed by atoms with E-state index >= 15 is 0 Å². The molecule has 1 fully saturated rings. The Kier molecular flexibility index (Phi) is 4.21. The molecule has 1 nitrogen and oxygen atoms in total. The van der Waals surface area contributed by atoms with Crippen LogP contribution in [-0.2, 0) is 0 Å². The Morgan fingerprint density at radius 1 is 1.47 bits per heavy atom. The molecule has 15 heavy (non-hydrogen) atoms. The zero-order valence-corrected chi connectivity index (χ0v) is 10.4. The van der Waals surface area contributed by atoms with E-state index in [1.54, 1.807) is 5.56 Å². The second kappa shape index (κ2) is 5.66. The number of thiophene rings is 1. The van der Waals surface area contributed by atoms with Gasteiger partial charge < -0.3 is 5.32 Å². The first-order chi connectivity index (χ1) is 7.42. The molecule has 0 radical (unpaired) electrons. The van der Waals surface area contributed by atoms with Crippen LogP contribution >= 0.6 is 11.3 Å². The highest BCUT2D eigenvalue weighted by Crippen LogP contribution is 2.39. The van der Waals surface area contributed by atoms with Crippen molar-refractivity contribution < 1.29 is 0 Å². The normalized spacial score (nSPS) is 25.9. The summed E-state index contributed by atoms with van der Waals surface area (Å²) >= 11 is 1.84. The van der Waals surface area contributed by atoms with Crippen LogP contribution in [0.2, 0.25) is 0 Å². The largest absolute Gasteiger partial charge is 0.316 e. The molecule has 2 rings (SSSR count). The lowest BCUT2D eigenvalue weighted by molar-refractivity contribution is 0.445. The van der Waals surface area contributed by atoms with Crippen molar-refractivity contribution in [2.24, 2.45) is 5.92 Å². The zero-order valence-electron chi connectivity index (χ0n) is 9.54. The van der Waals surface area contributed by atoms with E-state index in [-0.39, 0.29) is 0 Å². The van der Waals surface area contributed by atoms with E-state index in [9.17, 15) is 0 Å². The maximum Gasteiger partial charge on any atom is -0.00147 e. The zero-order chi connectivity index (χ0) is 10.5. The Morgan fingerprint density at radius 3 is 3.13 bits per heavy atom. The fourth-order valence-electron chi connectivity index (χ4n) is 2.67. The highest BCUT2D eigenvalue weighted by Gasteiger charge is 2.28. The highest BCUT2D eigenvalue weighted by molar-refractivity contribution is 7.07. The summed E-state index contributed by atoms with van der Waals surface area (Å²) in [6.07, 6.45) is 5.47. The van der Waals surface area contributed by atoms with E-state index in [1.807, 2.05) is 11.3 Å². The molecule has 1 aliphatic rings. The Morgan fingerprint density at radius 2 is 2.40 bits per heavy atom. The van der Waals surface area contributed by atoms with E-state index in [1.165, 1.54) is 38.8 Å². The molecular weight excluding hydrogens is 202 g/mol. The van der Waals surface area contributed by atoms with Gasteiger partial charge in [-0.2, -0.15) is 11.3 Å². The first kappa shape index (κ1) is 11.2. The third kappa shape index (κ3) is 2.82. The maximum atomic E-state index is 3.57. The quantitative estimate of drug-likeness (QED) is 0.752. The molecule has 0 aliphatic heterocycles. The molecule has 0 amide bonds. The molecule has 2 heteroatoms. The third-order valence-electron chi connectivity index (χ3n) is 3.46. The Balaban J connectivity index is 1.88. The van der Waals surface area contributed by atoms with Crippen molar-refractivity contribution in [2.75, 3.05) is 13.1 Å². The minimum absolute atomic E-state index is 0.834. The second-order valence-electron chi connectivity index (χ2n) is 4.56. The van der Waals surface area contributed by atoms with Crippen LogP contribution in [0.1, 0.15) is 44.1 Å². The molecule has 0 bridgehead atoms. The summed E-state index contributed by atoms with van der Waals surface area (Å²) in [6, 6.07) is 2.31. The number of rotatable bonds is 5. The Labute approximate surface area is 96.9 Å². The lowest BCUT2D eigenvalue weighted by atomic mass is 9.91. The molecule has 0 saturated heterocycles. The van der Waals surface area contributed by atoms with Gasteiger partial charge in [-0.05, 0) is 66.6 Å². The van der Waals surface area contributed by atoms with Crippen molar-refractivity contribution in [1.82, 2.24) is 5.32 Å². The summed E-state index contributed by atoms with van der Waals surface area (Å²) in [5.41, 5.74) is 1.58. The smallest absolute Gasteiger partial charge is 0.00147 e. The van der Waals surface area contributed by atoms with Crippen LogP contribution < -0.4 is 5.32 Å². The van der Waals surface area contributed by atoms with Crippen molar-refractivity contribution in [3.8, 4) is 0 Å². The van der Waals surface area contributed by atoms with Crippen LogP contribution in [-0.4, -0.2) is 13.1 Å². The number of hydrogen-bond acceptors (Lipinski definition) is 2. The Bertz CT molecular complexity index is 268. The molecule has 2 unspecified atom stereocenters. The summed E-state index contributed by atoms with van der Waals surface area (Å²) < 4.78 is 0. The van der Waals surface area contributed by atoms with Gasteiger partial charge >= 0.3 is 0 Å². The fraction of sp³-hybridized carbons (Fsp3) is 0.692. The number of nitrogens with one attached hydrogen (secondary N) is 1. The third-order valence-corrected chi connectivity index (χ3v) is 4.17. The van der Waals surface area contributed by atoms with Gasteiger partial charge in [0.2, 0.25) is 0 Å². The monoisotopic (exact) mass is 223 g/mol. The average molecular weight is 223 g/mol. The van der Waals surface area contributed by atoms with E-state index < -0.39 is 0 Å². The van der Waals surface area contributed by atoms with Crippen molar-refractivity contribution in [1.29, 1.82) is 0 Å². The lowest BCUT2D eigenvalue weighted by Gasteiger charge is -2.19. The van der Waals surface area contributed by atoms with Gasteiger partial charge in [-0.15, -0.1) is 0 Å². The topological polar surface area (TPSA) is 12.0 Å². The van der Waals surface area contributed by atoms with Gasteiger partial charge in [0.25, 0.3) is 0 Å². The molecule has 2 atom stereocenters.